The van der Waals surface area contributed by atoms with Gasteiger partial charge in [0.05, 0.1) is 0 Å². The predicted octanol–water partition coefficient (Wildman–Crippen LogP) is 0.361. The Morgan fingerprint density at radius 2 is 2.31 bits per heavy atom. The lowest BCUT2D eigenvalue weighted by molar-refractivity contribution is 0.123. The summed E-state index contributed by atoms with van der Waals surface area (Å²) in [5.41, 5.74) is 5.55. The zero-order valence-corrected chi connectivity index (χ0v) is 9.00. The van der Waals surface area contributed by atoms with E-state index in [1.54, 1.807) is 0 Å². The largest absolute Gasteiger partial charge is 0.329 e. The van der Waals surface area contributed by atoms with Crippen LogP contribution in [0.1, 0.15) is 19.8 Å². The van der Waals surface area contributed by atoms with Crippen LogP contribution in [0.5, 0.6) is 0 Å². The predicted molar refractivity (Wildman–Crippen MR) is 56.8 cm³/mol. The summed E-state index contributed by atoms with van der Waals surface area (Å²) in [6.45, 7) is 7.75. The maximum absolute atomic E-state index is 5.55. The molecular formula is C10H23N3. The Bertz CT molecular complexity index is 138. The highest BCUT2D eigenvalue weighted by molar-refractivity contribution is 4.78. The highest BCUT2D eigenvalue weighted by Gasteiger charge is 2.21. The number of likely N-dealkylation sites (tertiary alicyclic amines) is 1. The van der Waals surface area contributed by atoms with Gasteiger partial charge in [0.15, 0.2) is 0 Å². The Morgan fingerprint density at radius 1 is 1.54 bits per heavy atom. The minimum Gasteiger partial charge on any atom is -0.329 e. The van der Waals surface area contributed by atoms with Crippen molar-refractivity contribution in [2.75, 3.05) is 39.8 Å². The van der Waals surface area contributed by atoms with E-state index in [1.165, 1.54) is 32.5 Å². The standard InChI is InChI=1S/C10H23N3/c1-3-13-7-4-5-10(9-13)12(2)8-6-11/h10H,3-9,11H2,1-2H3. The number of piperidine rings is 1. The van der Waals surface area contributed by atoms with E-state index in [2.05, 4.69) is 23.8 Å². The minimum absolute atomic E-state index is 0.734. The Kier molecular flexibility index (Phi) is 4.70. The first kappa shape index (κ1) is 11.0. The molecule has 1 aliphatic heterocycles. The summed E-state index contributed by atoms with van der Waals surface area (Å²) >= 11 is 0. The minimum atomic E-state index is 0.734. The van der Waals surface area contributed by atoms with Gasteiger partial charge in [0.2, 0.25) is 0 Å². The van der Waals surface area contributed by atoms with Crippen molar-refractivity contribution in [3.05, 3.63) is 0 Å². The Morgan fingerprint density at radius 3 is 2.92 bits per heavy atom. The molecule has 1 saturated heterocycles. The number of hydrogen-bond acceptors (Lipinski definition) is 3. The van der Waals surface area contributed by atoms with E-state index in [0.29, 0.717) is 0 Å². The number of nitrogens with two attached hydrogens (primary N) is 1. The van der Waals surface area contributed by atoms with Crippen LogP contribution in [0.3, 0.4) is 0 Å². The van der Waals surface area contributed by atoms with Gasteiger partial charge in [-0.1, -0.05) is 6.92 Å². The Hall–Kier alpha value is -0.120. The van der Waals surface area contributed by atoms with Crippen molar-refractivity contribution in [1.29, 1.82) is 0 Å². The topological polar surface area (TPSA) is 32.5 Å². The first-order chi connectivity index (χ1) is 6.27. The first-order valence-corrected chi connectivity index (χ1v) is 5.40. The van der Waals surface area contributed by atoms with Gasteiger partial charge in [-0.05, 0) is 33.0 Å². The smallest absolute Gasteiger partial charge is 0.0221 e. The van der Waals surface area contributed by atoms with E-state index in [-0.39, 0.29) is 0 Å². The van der Waals surface area contributed by atoms with Crippen LogP contribution in [0.25, 0.3) is 0 Å². The van der Waals surface area contributed by atoms with Crippen molar-refractivity contribution in [3.8, 4) is 0 Å². The van der Waals surface area contributed by atoms with Crippen molar-refractivity contribution in [3.63, 3.8) is 0 Å². The molecule has 0 aromatic heterocycles. The molecule has 78 valence electrons. The molecule has 0 aliphatic carbocycles. The van der Waals surface area contributed by atoms with Gasteiger partial charge in [-0.2, -0.15) is 0 Å². The van der Waals surface area contributed by atoms with Crippen LogP contribution >= 0.6 is 0 Å². The van der Waals surface area contributed by atoms with E-state index in [9.17, 15) is 0 Å². The number of nitrogens with zero attached hydrogens (tertiary/aromatic N) is 2. The zero-order chi connectivity index (χ0) is 9.68. The van der Waals surface area contributed by atoms with Gasteiger partial charge < -0.3 is 15.5 Å². The monoisotopic (exact) mass is 185 g/mol. The van der Waals surface area contributed by atoms with Gasteiger partial charge in [-0.3, -0.25) is 0 Å². The molecule has 1 atom stereocenters. The van der Waals surface area contributed by atoms with Crippen molar-refractivity contribution in [1.82, 2.24) is 9.80 Å². The molecule has 3 heteroatoms. The summed E-state index contributed by atoms with van der Waals surface area (Å²) in [5, 5.41) is 0. The lowest BCUT2D eigenvalue weighted by atomic mass is 10.0. The molecule has 0 spiro atoms. The normalized spacial score (nSPS) is 25.4. The molecule has 0 aromatic carbocycles. The van der Waals surface area contributed by atoms with Crippen LogP contribution in [0.4, 0.5) is 0 Å². The summed E-state index contributed by atoms with van der Waals surface area (Å²) in [4.78, 5) is 4.93. The van der Waals surface area contributed by atoms with Crippen LogP contribution in [-0.4, -0.2) is 55.6 Å². The Labute approximate surface area is 81.9 Å². The van der Waals surface area contributed by atoms with E-state index >= 15 is 0 Å². The second-order valence-corrected chi connectivity index (χ2v) is 3.96. The molecule has 0 amide bonds. The van der Waals surface area contributed by atoms with Crippen molar-refractivity contribution in [2.24, 2.45) is 5.73 Å². The van der Waals surface area contributed by atoms with E-state index < -0.39 is 0 Å². The molecular weight excluding hydrogens is 162 g/mol. The molecule has 0 saturated carbocycles. The van der Waals surface area contributed by atoms with Gasteiger partial charge in [0, 0.05) is 25.7 Å². The maximum Gasteiger partial charge on any atom is 0.0221 e. The molecule has 1 heterocycles. The van der Waals surface area contributed by atoms with Gasteiger partial charge >= 0.3 is 0 Å². The maximum atomic E-state index is 5.55. The molecule has 0 aromatic rings. The molecule has 1 fully saturated rings. The molecule has 1 unspecified atom stereocenters. The van der Waals surface area contributed by atoms with Crippen molar-refractivity contribution >= 4 is 0 Å². The number of hydrogen-bond donors (Lipinski definition) is 1. The molecule has 13 heavy (non-hydrogen) atoms. The van der Waals surface area contributed by atoms with Gasteiger partial charge in [-0.25, -0.2) is 0 Å². The molecule has 0 radical (unpaired) electrons. The van der Waals surface area contributed by atoms with Crippen LogP contribution in [0.2, 0.25) is 0 Å². The van der Waals surface area contributed by atoms with Crippen LogP contribution in [0, 0.1) is 0 Å². The van der Waals surface area contributed by atoms with Gasteiger partial charge in [0.25, 0.3) is 0 Å². The fraction of sp³-hybridized carbons (Fsp3) is 1.00. The molecule has 1 rings (SSSR count). The van der Waals surface area contributed by atoms with Crippen LogP contribution in [-0.2, 0) is 0 Å². The first-order valence-electron chi connectivity index (χ1n) is 5.40. The quantitative estimate of drug-likeness (QED) is 0.686. The van der Waals surface area contributed by atoms with E-state index in [1.807, 2.05) is 0 Å². The highest BCUT2D eigenvalue weighted by atomic mass is 15.2. The third-order valence-electron chi connectivity index (χ3n) is 3.03. The van der Waals surface area contributed by atoms with E-state index in [4.69, 9.17) is 5.73 Å². The van der Waals surface area contributed by atoms with Crippen molar-refractivity contribution in [2.45, 2.75) is 25.8 Å². The van der Waals surface area contributed by atoms with Crippen molar-refractivity contribution < 1.29 is 0 Å². The lowest BCUT2D eigenvalue weighted by Crippen LogP contribution is -2.47. The van der Waals surface area contributed by atoms with Crippen LogP contribution in [0.15, 0.2) is 0 Å². The third kappa shape index (κ3) is 3.25. The van der Waals surface area contributed by atoms with Gasteiger partial charge in [0.1, 0.15) is 0 Å². The summed E-state index contributed by atoms with van der Waals surface area (Å²) < 4.78 is 0. The van der Waals surface area contributed by atoms with Gasteiger partial charge in [-0.15, -0.1) is 0 Å². The summed E-state index contributed by atoms with van der Waals surface area (Å²) in [6.07, 6.45) is 2.68. The molecule has 2 N–H and O–H groups in total. The third-order valence-corrected chi connectivity index (χ3v) is 3.03. The number of rotatable bonds is 4. The second kappa shape index (κ2) is 5.58. The fourth-order valence-corrected chi connectivity index (χ4v) is 2.06. The summed E-state index contributed by atoms with van der Waals surface area (Å²) in [7, 11) is 2.19. The molecule has 3 nitrogen and oxygen atoms in total. The average Bonchev–Trinajstić information content (AvgIpc) is 2.18. The van der Waals surface area contributed by atoms with Crippen LogP contribution < -0.4 is 5.73 Å². The SMILES string of the molecule is CCN1CCCC(N(C)CCN)C1. The molecule has 1 aliphatic rings. The fourth-order valence-electron chi connectivity index (χ4n) is 2.06. The highest BCUT2D eigenvalue weighted by Crippen LogP contribution is 2.13. The summed E-state index contributed by atoms with van der Waals surface area (Å²) in [6, 6.07) is 0.734. The molecule has 0 bridgehead atoms. The average molecular weight is 185 g/mol. The lowest BCUT2D eigenvalue weighted by Gasteiger charge is -2.37. The summed E-state index contributed by atoms with van der Waals surface area (Å²) in [5.74, 6) is 0. The zero-order valence-electron chi connectivity index (χ0n) is 9.00. The second-order valence-electron chi connectivity index (χ2n) is 3.96. The van der Waals surface area contributed by atoms with E-state index in [0.717, 1.165) is 19.1 Å². The number of likely N-dealkylation sites (N-methyl/N-ethyl adjacent to an activating group) is 2. The Balaban J connectivity index is 2.32.